The second-order valence-electron chi connectivity index (χ2n) is 9.38. The van der Waals surface area contributed by atoms with Crippen LogP contribution in [-0.2, 0) is 21.7 Å². The molecular weight excluding hydrogens is 469 g/mol. The van der Waals surface area contributed by atoms with Gasteiger partial charge in [-0.25, -0.2) is 9.37 Å². The molecule has 0 unspecified atom stereocenters. The summed E-state index contributed by atoms with van der Waals surface area (Å²) in [6.07, 6.45) is 0.745. The average Bonchev–Trinajstić information content (AvgIpc) is 3.20. The number of carbonyl (C=O) groups excluding carboxylic acids is 1. The van der Waals surface area contributed by atoms with Gasteiger partial charge in [0.25, 0.3) is 5.91 Å². The van der Waals surface area contributed by atoms with Gasteiger partial charge in [0, 0.05) is 24.2 Å². The molecule has 0 aliphatic rings. The maximum atomic E-state index is 14.9. The minimum Gasteiger partial charge on any atom is -0.386 e. The monoisotopic (exact) mass is 501 g/mol. The van der Waals surface area contributed by atoms with Gasteiger partial charge in [0.1, 0.15) is 16.6 Å². The molecule has 188 valence electrons. The molecule has 2 aromatic heterocycles. The first-order valence-corrected chi connectivity index (χ1v) is 12.0. The minimum atomic E-state index is -1.17. The molecule has 3 aromatic rings. The van der Waals surface area contributed by atoms with E-state index in [1.807, 2.05) is 26.0 Å². The molecule has 0 aliphatic heterocycles. The van der Waals surface area contributed by atoms with Crippen LogP contribution in [-0.4, -0.2) is 35.3 Å². The van der Waals surface area contributed by atoms with Crippen LogP contribution in [0.2, 0.25) is 0 Å². The molecule has 7 nitrogen and oxygen atoms in total. The summed E-state index contributed by atoms with van der Waals surface area (Å²) in [5, 5.41) is 13.7. The molecule has 0 radical (unpaired) electrons. The molecule has 2 heterocycles. The summed E-state index contributed by atoms with van der Waals surface area (Å²) >= 11 is 1.20. The Bertz CT molecular complexity index is 1190. The van der Waals surface area contributed by atoms with E-state index in [9.17, 15) is 14.3 Å². The third-order valence-electron chi connectivity index (χ3n) is 5.64. The summed E-state index contributed by atoms with van der Waals surface area (Å²) in [6, 6.07) is 11.5. The lowest BCUT2D eigenvalue weighted by Gasteiger charge is -2.22. The number of hydrogen-bond donors (Lipinski definition) is 3. The number of pyridine rings is 1. The van der Waals surface area contributed by atoms with E-state index in [1.54, 1.807) is 45.2 Å². The van der Waals surface area contributed by atoms with Crippen molar-refractivity contribution in [1.29, 1.82) is 0 Å². The molecule has 0 saturated carbocycles. The van der Waals surface area contributed by atoms with Crippen molar-refractivity contribution < 1.29 is 23.8 Å². The topological polar surface area (TPSA) is 107 Å². The van der Waals surface area contributed by atoms with Crippen molar-refractivity contribution in [3.63, 3.8) is 0 Å². The Kier molecular flexibility index (Phi) is 8.27. The summed E-state index contributed by atoms with van der Waals surface area (Å²) in [4.78, 5) is 17.2. The van der Waals surface area contributed by atoms with Crippen LogP contribution in [0.15, 0.2) is 42.5 Å². The van der Waals surface area contributed by atoms with Crippen molar-refractivity contribution in [1.82, 2.24) is 4.98 Å². The van der Waals surface area contributed by atoms with Crippen LogP contribution in [0.1, 0.15) is 55.7 Å². The van der Waals surface area contributed by atoms with Gasteiger partial charge < -0.3 is 25.6 Å². The molecule has 0 atom stereocenters. The highest BCUT2D eigenvalue weighted by Gasteiger charge is 2.21. The second-order valence-corrected chi connectivity index (χ2v) is 10.4. The SMILES string of the molecule is COC(C)(C)CCOCc1cccc(Nc2sc(-c3ccc(C(C)(C)O)cc3F)cc2C(N)=O)n1. The Morgan fingerprint density at radius 1 is 1.20 bits per heavy atom. The molecule has 3 rings (SSSR count). The molecule has 0 aliphatic carbocycles. The summed E-state index contributed by atoms with van der Waals surface area (Å²) in [5.41, 5.74) is 5.89. The fourth-order valence-electron chi connectivity index (χ4n) is 3.24. The van der Waals surface area contributed by atoms with E-state index >= 15 is 0 Å². The van der Waals surface area contributed by atoms with Crippen molar-refractivity contribution in [3.8, 4) is 10.4 Å². The zero-order valence-electron chi connectivity index (χ0n) is 20.6. The molecule has 0 bridgehead atoms. The van der Waals surface area contributed by atoms with Gasteiger partial charge in [0.05, 0.1) is 29.1 Å². The number of nitrogens with one attached hydrogen (secondary N) is 1. The number of methoxy groups -OCH3 is 1. The highest BCUT2D eigenvalue weighted by Crippen LogP contribution is 2.38. The predicted molar refractivity (Wildman–Crippen MR) is 136 cm³/mol. The lowest BCUT2D eigenvalue weighted by atomic mass is 9.96. The van der Waals surface area contributed by atoms with E-state index in [4.69, 9.17) is 15.2 Å². The van der Waals surface area contributed by atoms with Crippen molar-refractivity contribution in [2.24, 2.45) is 5.73 Å². The third kappa shape index (κ3) is 7.08. The number of thiophene rings is 1. The van der Waals surface area contributed by atoms with Gasteiger partial charge in [-0.1, -0.05) is 18.2 Å². The van der Waals surface area contributed by atoms with Crippen molar-refractivity contribution in [3.05, 3.63) is 65.1 Å². The van der Waals surface area contributed by atoms with Crippen LogP contribution in [0, 0.1) is 5.82 Å². The van der Waals surface area contributed by atoms with Crippen molar-refractivity contribution in [2.45, 2.75) is 51.9 Å². The number of halogens is 1. The first-order chi connectivity index (χ1) is 16.4. The molecular formula is C26H32FN3O4S. The van der Waals surface area contributed by atoms with Gasteiger partial charge >= 0.3 is 0 Å². The predicted octanol–water partition coefficient (Wildman–Crippen LogP) is 5.35. The number of aliphatic hydroxyl groups is 1. The van der Waals surface area contributed by atoms with Gasteiger partial charge in [-0.2, -0.15) is 0 Å². The zero-order chi connectivity index (χ0) is 25.8. The summed E-state index contributed by atoms with van der Waals surface area (Å²) < 4.78 is 26.0. The van der Waals surface area contributed by atoms with E-state index in [2.05, 4.69) is 10.3 Å². The smallest absolute Gasteiger partial charge is 0.251 e. The van der Waals surface area contributed by atoms with E-state index in [-0.39, 0.29) is 11.2 Å². The Hall–Kier alpha value is -2.85. The van der Waals surface area contributed by atoms with Crippen LogP contribution < -0.4 is 11.1 Å². The molecule has 0 saturated heterocycles. The van der Waals surface area contributed by atoms with Crippen LogP contribution in [0.3, 0.4) is 0 Å². The number of benzene rings is 1. The quantitative estimate of drug-likeness (QED) is 0.306. The lowest BCUT2D eigenvalue weighted by molar-refractivity contribution is -0.0128. The Balaban J connectivity index is 1.78. The van der Waals surface area contributed by atoms with Gasteiger partial charge in [0.15, 0.2) is 0 Å². The fourth-order valence-corrected chi connectivity index (χ4v) is 4.34. The molecule has 0 fully saturated rings. The number of hydrogen-bond acceptors (Lipinski definition) is 7. The Morgan fingerprint density at radius 2 is 1.94 bits per heavy atom. The number of anilines is 2. The largest absolute Gasteiger partial charge is 0.386 e. The summed E-state index contributed by atoms with van der Waals surface area (Å²) in [5.74, 6) is -0.622. The van der Waals surface area contributed by atoms with E-state index < -0.39 is 17.3 Å². The van der Waals surface area contributed by atoms with Crippen molar-refractivity contribution >= 4 is 28.1 Å². The number of nitrogens with zero attached hydrogens (tertiary/aromatic N) is 1. The zero-order valence-corrected chi connectivity index (χ0v) is 21.5. The van der Waals surface area contributed by atoms with Gasteiger partial charge in [-0.15, -0.1) is 11.3 Å². The number of amides is 1. The molecule has 1 amide bonds. The second kappa shape index (κ2) is 10.8. The van der Waals surface area contributed by atoms with Gasteiger partial charge in [-0.05, 0) is 63.9 Å². The third-order valence-corrected chi connectivity index (χ3v) is 6.72. The number of rotatable bonds is 11. The van der Waals surface area contributed by atoms with E-state index in [0.717, 1.165) is 12.1 Å². The number of ether oxygens (including phenoxy) is 2. The van der Waals surface area contributed by atoms with Crippen LogP contribution in [0.4, 0.5) is 15.2 Å². The first-order valence-electron chi connectivity index (χ1n) is 11.2. The van der Waals surface area contributed by atoms with E-state index in [0.29, 0.717) is 40.0 Å². The summed E-state index contributed by atoms with van der Waals surface area (Å²) in [7, 11) is 1.67. The number of carbonyl (C=O) groups is 1. The van der Waals surface area contributed by atoms with Crippen LogP contribution in [0.5, 0.6) is 0 Å². The Labute approximate surface area is 209 Å². The minimum absolute atomic E-state index is 0.237. The average molecular weight is 502 g/mol. The maximum Gasteiger partial charge on any atom is 0.251 e. The number of nitrogens with two attached hydrogens (primary N) is 1. The van der Waals surface area contributed by atoms with Crippen molar-refractivity contribution in [2.75, 3.05) is 19.0 Å². The van der Waals surface area contributed by atoms with Crippen LogP contribution in [0.25, 0.3) is 10.4 Å². The normalized spacial score (nSPS) is 12.1. The standard InChI is InChI=1S/C26H32FN3O4S/c1-25(2,33-5)11-12-34-15-17-7-6-8-22(29-17)30-24-19(23(28)31)14-21(35-24)18-10-9-16(13-20(18)27)26(3,4)32/h6-10,13-14,32H,11-12,15H2,1-5H3,(H2,28,31)(H,29,30). The summed E-state index contributed by atoms with van der Waals surface area (Å²) in [6.45, 7) is 8.03. The number of primary amides is 1. The molecule has 1 aromatic carbocycles. The number of aromatic nitrogens is 1. The van der Waals surface area contributed by atoms with Gasteiger partial charge in [0.2, 0.25) is 0 Å². The molecule has 35 heavy (non-hydrogen) atoms. The first kappa shape index (κ1) is 26.7. The highest BCUT2D eigenvalue weighted by molar-refractivity contribution is 7.19. The highest BCUT2D eigenvalue weighted by atomic mass is 32.1. The van der Waals surface area contributed by atoms with E-state index in [1.165, 1.54) is 17.4 Å². The van der Waals surface area contributed by atoms with Gasteiger partial charge in [-0.3, -0.25) is 4.79 Å². The molecule has 0 spiro atoms. The molecule has 9 heteroatoms. The maximum absolute atomic E-state index is 14.9. The van der Waals surface area contributed by atoms with Crippen LogP contribution >= 0.6 is 11.3 Å². The fraction of sp³-hybridized carbons (Fsp3) is 0.385. The molecule has 4 N–H and O–H groups in total. The lowest BCUT2D eigenvalue weighted by Crippen LogP contribution is -2.24. The Morgan fingerprint density at radius 3 is 2.57 bits per heavy atom.